The van der Waals surface area contributed by atoms with Gasteiger partial charge in [-0.1, -0.05) is 60.7 Å². The number of rotatable bonds is 4. The topological polar surface area (TPSA) is 48.5 Å². The maximum Gasteiger partial charge on any atom is 0.140 e. The first kappa shape index (κ1) is 23.3. The second kappa shape index (κ2) is 9.28. The molecule has 0 spiro atoms. The predicted octanol–water partition coefficient (Wildman–Crippen LogP) is 8.46. The van der Waals surface area contributed by atoms with Crippen LogP contribution < -0.4 is 0 Å². The van der Waals surface area contributed by atoms with E-state index in [0.717, 1.165) is 56.0 Å². The zero-order valence-corrected chi connectivity index (χ0v) is 22.4. The molecule has 4 aromatic carbocycles. The van der Waals surface area contributed by atoms with Gasteiger partial charge in [-0.2, -0.15) is 0 Å². The summed E-state index contributed by atoms with van der Waals surface area (Å²) < 4.78 is 4.56. The van der Waals surface area contributed by atoms with Gasteiger partial charge in [0, 0.05) is 58.8 Å². The Morgan fingerprint density at radius 3 is 2.29 bits per heavy atom. The highest BCUT2D eigenvalue weighted by Crippen LogP contribution is 2.37. The van der Waals surface area contributed by atoms with E-state index < -0.39 is 0 Å². The second-order valence-corrected chi connectivity index (χ2v) is 10.3. The molecule has 0 bridgehead atoms. The predicted molar refractivity (Wildman–Crippen MR) is 167 cm³/mol. The number of aromatic nitrogens is 5. The molecule has 0 aliphatic heterocycles. The Balaban J connectivity index is 1.35. The number of hydrogen-bond acceptors (Lipinski definition) is 3. The average Bonchev–Trinajstić information content (AvgIpc) is 3.56. The summed E-state index contributed by atoms with van der Waals surface area (Å²) in [5.74, 6) is 0.933. The number of para-hydroxylation sites is 2. The van der Waals surface area contributed by atoms with E-state index in [9.17, 15) is 0 Å². The maximum absolute atomic E-state index is 5.12. The Labute approximate surface area is 237 Å². The van der Waals surface area contributed by atoms with Crippen LogP contribution in [0.2, 0.25) is 0 Å². The van der Waals surface area contributed by atoms with Gasteiger partial charge >= 0.3 is 0 Å². The van der Waals surface area contributed by atoms with E-state index in [1.54, 1.807) is 0 Å². The van der Waals surface area contributed by atoms with Crippen LogP contribution in [-0.4, -0.2) is 24.1 Å². The van der Waals surface area contributed by atoms with Gasteiger partial charge in [0.25, 0.3) is 0 Å². The van der Waals surface area contributed by atoms with E-state index in [1.807, 2.05) is 42.9 Å². The van der Waals surface area contributed by atoms with Crippen molar-refractivity contribution in [1.82, 2.24) is 24.1 Å². The van der Waals surface area contributed by atoms with Gasteiger partial charge in [0.2, 0.25) is 0 Å². The van der Waals surface area contributed by atoms with Gasteiger partial charge in [0.05, 0.1) is 27.8 Å². The van der Waals surface area contributed by atoms with Crippen LogP contribution in [0, 0.1) is 0 Å². The molecule has 5 heteroatoms. The van der Waals surface area contributed by atoms with Crippen molar-refractivity contribution in [1.29, 1.82) is 0 Å². The fraction of sp³-hybridized carbons (Fsp3) is 0.0278. The maximum atomic E-state index is 5.12. The first-order valence-electron chi connectivity index (χ1n) is 13.7. The van der Waals surface area contributed by atoms with Gasteiger partial charge in [-0.05, 0) is 60.2 Å². The minimum Gasteiger partial charge on any atom is -0.327 e. The quantitative estimate of drug-likeness (QED) is 0.231. The molecule has 8 rings (SSSR count). The molecule has 0 fully saturated rings. The summed E-state index contributed by atoms with van der Waals surface area (Å²) in [5.41, 5.74) is 10.9. The number of aryl methyl sites for hydroxylation is 1. The van der Waals surface area contributed by atoms with Gasteiger partial charge in [0.15, 0.2) is 0 Å². The lowest BCUT2D eigenvalue weighted by Crippen LogP contribution is -1.96. The lowest BCUT2D eigenvalue weighted by molar-refractivity contribution is 0.960. The van der Waals surface area contributed by atoms with Crippen LogP contribution in [0.3, 0.4) is 0 Å². The Morgan fingerprint density at radius 2 is 1.41 bits per heavy atom. The second-order valence-electron chi connectivity index (χ2n) is 10.3. The molecule has 0 radical (unpaired) electrons. The zero-order chi connectivity index (χ0) is 27.3. The van der Waals surface area contributed by atoms with Crippen molar-refractivity contribution in [2.24, 2.45) is 7.05 Å². The largest absolute Gasteiger partial charge is 0.327 e. The molecular weight excluding hydrogens is 502 g/mol. The van der Waals surface area contributed by atoms with Crippen LogP contribution in [0.5, 0.6) is 0 Å². The monoisotopic (exact) mass is 527 g/mol. The van der Waals surface area contributed by atoms with Crippen molar-refractivity contribution in [3.8, 4) is 39.5 Å². The average molecular weight is 528 g/mol. The van der Waals surface area contributed by atoms with Gasteiger partial charge in [-0.15, -0.1) is 0 Å². The molecular formula is C36H25N5. The summed E-state index contributed by atoms with van der Waals surface area (Å²) in [7, 11) is 2.10. The van der Waals surface area contributed by atoms with E-state index in [-0.39, 0.29) is 0 Å². The van der Waals surface area contributed by atoms with E-state index in [1.165, 1.54) is 16.3 Å². The normalized spacial score (nSPS) is 11.5. The van der Waals surface area contributed by atoms with E-state index in [4.69, 9.17) is 4.98 Å². The first-order valence-corrected chi connectivity index (χ1v) is 13.7. The number of hydrogen-bond donors (Lipinski definition) is 0. The third-order valence-corrected chi connectivity index (χ3v) is 7.88. The smallest absolute Gasteiger partial charge is 0.140 e. The molecule has 0 aliphatic rings. The molecule has 0 amide bonds. The lowest BCUT2D eigenvalue weighted by Gasteiger charge is -2.11. The summed E-state index contributed by atoms with van der Waals surface area (Å²) in [4.78, 5) is 13.9. The van der Waals surface area contributed by atoms with Crippen molar-refractivity contribution in [2.75, 3.05) is 0 Å². The zero-order valence-electron chi connectivity index (χ0n) is 22.4. The van der Waals surface area contributed by atoms with Crippen LogP contribution in [0.4, 0.5) is 0 Å². The summed E-state index contributed by atoms with van der Waals surface area (Å²) >= 11 is 0. The molecule has 0 unspecified atom stereocenters. The van der Waals surface area contributed by atoms with Crippen LogP contribution in [0.15, 0.2) is 134 Å². The van der Waals surface area contributed by atoms with Crippen LogP contribution in [-0.2, 0) is 7.05 Å². The van der Waals surface area contributed by atoms with Gasteiger partial charge in [-0.3, -0.25) is 9.97 Å². The van der Waals surface area contributed by atoms with Crippen LogP contribution in [0.1, 0.15) is 0 Å². The number of nitrogens with zero attached hydrogens (tertiary/aromatic N) is 5. The molecule has 41 heavy (non-hydrogen) atoms. The molecule has 0 N–H and O–H groups in total. The summed E-state index contributed by atoms with van der Waals surface area (Å²) in [6.45, 7) is 0. The fourth-order valence-electron chi connectivity index (χ4n) is 6.02. The summed E-state index contributed by atoms with van der Waals surface area (Å²) in [5, 5.41) is 2.44. The first-order chi connectivity index (χ1) is 20.3. The number of fused-ring (bicyclic) bond motifs is 4. The van der Waals surface area contributed by atoms with Crippen LogP contribution in [0.25, 0.3) is 72.3 Å². The SMILES string of the molecule is Cn1c(-c2ccc3c4ccccc4n(-c4cccc(-c5ccccn5)c4)c3c2)nc2cccc(-c3ccncc3)c21. The Hall–Kier alpha value is -5.55. The highest BCUT2D eigenvalue weighted by Gasteiger charge is 2.18. The molecule has 5 nitrogen and oxygen atoms in total. The van der Waals surface area contributed by atoms with Crippen molar-refractivity contribution in [3.63, 3.8) is 0 Å². The number of pyridine rings is 2. The highest BCUT2D eigenvalue weighted by molar-refractivity contribution is 6.10. The van der Waals surface area contributed by atoms with E-state index in [2.05, 4.69) is 117 Å². The van der Waals surface area contributed by atoms with Crippen molar-refractivity contribution in [2.45, 2.75) is 0 Å². The van der Waals surface area contributed by atoms with Crippen molar-refractivity contribution >= 4 is 32.8 Å². The van der Waals surface area contributed by atoms with Crippen molar-refractivity contribution < 1.29 is 0 Å². The minimum absolute atomic E-state index is 0.933. The standard InChI is InChI=1S/C36H25N5/c1-40-35-28(24-17-20-37-21-18-24)11-7-13-32(35)39-36(40)26-15-16-30-29-10-2-3-14-33(29)41(34(30)23-26)27-9-6-8-25(22-27)31-12-4-5-19-38-31/h2-23H,1H3. The fourth-order valence-corrected chi connectivity index (χ4v) is 6.02. The third kappa shape index (κ3) is 3.74. The highest BCUT2D eigenvalue weighted by atomic mass is 15.1. The van der Waals surface area contributed by atoms with E-state index in [0.29, 0.717) is 0 Å². The molecule has 0 aliphatic carbocycles. The van der Waals surface area contributed by atoms with Gasteiger partial charge < -0.3 is 9.13 Å². The van der Waals surface area contributed by atoms with Gasteiger partial charge in [0.1, 0.15) is 5.82 Å². The molecule has 4 heterocycles. The van der Waals surface area contributed by atoms with Crippen LogP contribution >= 0.6 is 0 Å². The molecule has 8 aromatic rings. The summed E-state index contributed by atoms with van der Waals surface area (Å²) in [6.07, 6.45) is 5.51. The Kier molecular flexibility index (Phi) is 5.28. The number of imidazole rings is 1. The number of benzene rings is 4. The minimum atomic E-state index is 0.933. The lowest BCUT2D eigenvalue weighted by atomic mass is 10.1. The Bertz CT molecular complexity index is 2210. The van der Waals surface area contributed by atoms with Gasteiger partial charge in [-0.25, -0.2) is 4.98 Å². The summed E-state index contributed by atoms with van der Waals surface area (Å²) in [6, 6.07) is 40.3. The molecule has 0 atom stereocenters. The molecule has 0 saturated carbocycles. The van der Waals surface area contributed by atoms with Crippen molar-refractivity contribution in [3.05, 3.63) is 134 Å². The molecule has 194 valence electrons. The Morgan fingerprint density at radius 1 is 0.585 bits per heavy atom. The molecule has 0 saturated heterocycles. The van der Waals surface area contributed by atoms with E-state index >= 15 is 0 Å². The molecule has 4 aromatic heterocycles. The third-order valence-electron chi connectivity index (χ3n) is 7.88.